The molecule has 1 unspecified atom stereocenters. The van der Waals surface area contributed by atoms with Gasteiger partial charge in [-0.1, -0.05) is 0 Å². The van der Waals surface area contributed by atoms with E-state index in [1.54, 1.807) is 21.3 Å². The van der Waals surface area contributed by atoms with Gasteiger partial charge >= 0.3 is 0 Å². The van der Waals surface area contributed by atoms with Gasteiger partial charge in [-0.3, -0.25) is 0 Å². The van der Waals surface area contributed by atoms with Gasteiger partial charge in [-0.25, -0.2) is 0 Å². The van der Waals surface area contributed by atoms with Crippen LogP contribution in [0.1, 0.15) is 13.8 Å². The molecule has 0 aliphatic heterocycles. The highest BCUT2D eigenvalue weighted by Crippen LogP contribution is 1.84. The van der Waals surface area contributed by atoms with Crippen LogP contribution in [0.4, 0.5) is 0 Å². The smallest absolute Gasteiger partial charge is 0.0776 e. The molecule has 0 radical (unpaired) electrons. The minimum Gasteiger partial charge on any atom is -0.382 e. The molecule has 5 heteroatoms. The van der Waals surface area contributed by atoms with Gasteiger partial charge in [0.15, 0.2) is 0 Å². The number of hydrogen-bond acceptors (Lipinski definition) is 5. The average molecular weight is 252 g/mol. The van der Waals surface area contributed by atoms with Crippen LogP contribution in [0.5, 0.6) is 0 Å². The first-order valence-electron chi connectivity index (χ1n) is 5.89. The van der Waals surface area contributed by atoms with Gasteiger partial charge in [-0.05, 0) is 13.8 Å². The predicted molar refractivity (Wildman–Crippen MR) is 67.5 cm³/mol. The Morgan fingerprint density at radius 1 is 0.824 bits per heavy atom. The van der Waals surface area contributed by atoms with Gasteiger partial charge in [-0.2, -0.15) is 0 Å². The molecular formula is C12H28O5. The first-order chi connectivity index (χ1) is 8.22. The molecule has 0 aliphatic rings. The number of ether oxygens (including phenoxy) is 5. The van der Waals surface area contributed by atoms with E-state index in [9.17, 15) is 0 Å². The topological polar surface area (TPSA) is 46.2 Å². The van der Waals surface area contributed by atoms with Crippen molar-refractivity contribution in [2.45, 2.75) is 20.0 Å². The minimum atomic E-state index is 0.227. The maximum Gasteiger partial charge on any atom is 0.0776 e. The molecule has 106 valence electrons. The first-order valence-corrected chi connectivity index (χ1v) is 5.89. The van der Waals surface area contributed by atoms with Gasteiger partial charge in [0.25, 0.3) is 0 Å². The van der Waals surface area contributed by atoms with Crippen LogP contribution in [0.25, 0.3) is 0 Å². The Morgan fingerprint density at radius 2 is 1.41 bits per heavy atom. The van der Waals surface area contributed by atoms with Crippen LogP contribution >= 0.6 is 0 Å². The fourth-order valence-corrected chi connectivity index (χ4v) is 0.809. The summed E-state index contributed by atoms with van der Waals surface area (Å²) in [6.07, 6.45) is 0.227. The zero-order valence-corrected chi connectivity index (χ0v) is 11.9. The summed E-state index contributed by atoms with van der Waals surface area (Å²) < 4.78 is 24.6. The molecule has 0 aromatic rings. The van der Waals surface area contributed by atoms with E-state index in [-0.39, 0.29) is 6.10 Å². The third-order valence-electron chi connectivity index (χ3n) is 1.81. The highest BCUT2D eigenvalue weighted by atomic mass is 16.5. The molecule has 0 amide bonds. The Kier molecular flexibility index (Phi) is 20.5. The van der Waals surface area contributed by atoms with Crippen molar-refractivity contribution < 1.29 is 23.7 Å². The summed E-state index contributed by atoms with van der Waals surface area (Å²) in [6, 6.07) is 0. The highest BCUT2D eigenvalue weighted by molar-refractivity contribution is 4.41. The van der Waals surface area contributed by atoms with Crippen LogP contribution in [-0.4, -0.2) is 67.1 Å². The van der Waals surface area contributed by atoms with Crippen molar-refractivity contribution >= 4 is 0 Å². The second-order valence-electron chi connectivity index (χ2n) is 3.30. The summed E-state index contributed by atoms with van der Waals surface area (Å²) in [5, 5.41) is 0. The van der Waals surface area contributed by atoms with E-state index in [2.05, 4.69) is 0 Å². The van der Waals surface area contributed by atoms with E-state index in [0.29, 0.717) is 33.0 Å². The third-order valence-corrected chi connectivity index (χ3v) is 1.81. The lowest BCUT2D eigenvalue weighted by molar-refractivity contribution is 0.0280. The zero-order valence-electron chi connectivity index (χ0n) is 11.9. The van der Waals surface area contributed by atoms with E-state index < -0.39 is 0 Å². The van der Waals surface area contributed by atoms with Gasteiger partial charge in [0.2, 0.25) is 0 Å². The Bertz CT molecular complexity index is 113. The molecule has 0 rings (SSSR count). The minimum absolute atomic E-state index is 0.227. The quantitative estimate of drug-likeness (QED) is 0.549. The maximum absolute atomic E-state index is 5.13. The lowest BCUT2D eigenvalue weighted by Crippen LogP contribution is -2.11. The molecule has 0 heterocycles. The summed E-state index contributed by atoms with van der Waals surface area (Å²) in [7, 11) is 4.99. The normalized spacial score (nSPS) is 11.8. The van der Waals surface area contributed by atoms with Crippen molar-refractivity contribution in [1.82, 2.24) is 0 Å². The highest BCUT2D eigenvalue weighted by Gasteiger charge is 1.93. The molecule has 0 bridgehead atoms. The van der Waals surface area contributed by atoms with Crippen LogP contribution in [0.2, 0.25) is 0 Å². The SMILES string of the molecule is CCOCCOCCOC.COCC(C)OC. The maximum atomic E-state index is 5.13. The Balaban J connectivity index is 0. The van der Waals surface area contributed by atoms with Gasteiger partial charge < -0.3 is 23.7 Å². The molecule has 0 aromatic carbocycles. The van der Waals surface area contributed by atoms with E-state index >= 15 is 0 Å². The summed E-state index contributed by atoms with van der Waals surface area (Å²) in [4.78, 5) is 0. The first kappa shape index (κ1) is 19.1. The van der Waals surface area contributed by atoms with E-state index in [0.717, 1.165) is 6.61 Å². The van der Waals surface area contributed by atoms with Crippen LogP contribution in [0.3, 0.4) is 0 Å². The molecule has 0 aromatic heterocycles. The van der Waals surface area contributed by atoms with Gasteiger partial charge in [0.1, 0.15) is 0 Å². The van der Waals surface area contributed by atoms with Crippen LogP contribution in [0, 0.1) is 0 Å². The summed E-state index contributed by atoms with van der Waals surface area (Å²) in [5.41, 5.74) is 0. The van der Waals surface area contributed by atoms with Crippen molar-refractivity contribution in [3.8, 4) is 0 Å². The number of rotatable bonds is 10. The van der Waals surface area contributed by atoms with Crippen molar-refractivity contribution in [3.63, 3.8) is 0 Å². The Hall–Kier alpha value is -0.200. The fourth-order valence-electron chi connectivity index (χ4n) is 0.809. The molecular weight excluding hydrogens is 224 g/mol. The van der Waals surface area contributed by atoms with E-state index in [1.165, 1.54) is 0 Å². The Morgan fingerprint density at radius 3 is 1.82 bits per heavy atom. The lowest BCUT2D eigenvalue weighted by Gasteiger charge is -2.05. The molecule has 0 saturated heterocycles. The molecule has 5 nitrogen and oxygen atoms in total. The largest absolute Gasteiger partial charge is 0.382 e. The van der Waals surface area contributed by atoms with Gasteiger partial charge in [0, 0.05) is 27.9 Å². The van der Waals surface area contributed by atoms with Crippen molar-refractivity contribution in [3.05, 3.63) is 0 Å². The summed E-state index contributed by atoms with van der Waals surface area (Å²) >= 11 is 0. The second-order valence-corrected chi connectivity index (χ2v) is 3.30. The van der Waals surface area contributed by atoms with E-state index in [4.69, 9.17) is 23.7 Å². The molecule has 0 spiro atoms. The van der Waals surface area contributed by atoms with Gasteiger partial charge in [-0.15, -0.1) is 0 Å². The fraction of sp³-hybridized carbons (Fsp3) is 1.00. The molecule has 0 aliphatic carbocycles. The Labute approximate surface area is 105 Å². The standard InChI is InChI=1S/C7H16O3.C5H12O2/c1-3-9-6-7-10-5-4-8-2;1-5(7-3)4-6-2/h3-7H2,1-2H3;5H,4H2,1-3H3. The second kappa shape index (κ2) is 18.2. The lowest BCUT2D eigenvalue weighted by atomic mass is 10.4. The van der Waals surface area contributed by atoms with Crippen LogP contribution < -0.4 is 0 Å². The predicted octanol–water partition coefficient (Wildman–Crippen LogP) is 1.35. The average Bonchev–Trinajstić information content (AvgIpc) is 2.35. The molecule has 0 N–H and O–H groups in total. The van der Waals surface area contributed by atoms with Crippen LogP contribution in [0.15, 0.2) is 0 Å². The van der Waals surface area contributed by atoms with Crippen molar-refractivity contribution in [2.24, 2.45) is 0 Å². The monoisotopic (exact) mass is 252 g/mol. The van der Waals surface area contributed by atoms with E-state index in [1.807, 2.05) is 13.8 Å². The van der Waals surface area contributed by atoms with Crippen molar-refractivity contribution in [2.75, 3.05) is 61.0 Å². The zero-order chi connectivity index (χ0) is 13.4. The number of hydrogen-bond donors (Lipinski definition) is 0. The van der Waals surface area contributed by atoms with Crippen molar-refractivity contribution in [1.29, 1.82) is 0 Å². The van der Waals surface area contributed by atoms with Crippen LogP contribution in [-0.2, 0) is 23.7 Å². The molecule has 0 saturated carbocycles. The molecule has 17 heavy (non-hydrogen) atoms. The number of methoxy groups -OCH3 is 3. The molecule has 0 fully saturated rings. The van der Waals surface area contributed by atoms with Gasteiger partial charge in [0.05, 0.1) is 39.1 Å². The third kappa shape index (κ3) is 21.6. The summed E-state index contributed by atoms with van der Waals surface area (Å²) in [5.74, 6) is 0. The summed E-state index contributed by atoms with van der Waals surface area (Å²) in [6.45, 7) is 8.02. The molecule has 1 atom stereocenters.